The minimum absolute atomic E-state index is 0.0862. The first-order valence-corrected chi connectivity index (χ1v) is 11.5. The fourth-order valence-corrected chi connectivity index (χ4v) is 4.02. The second-order valence-electron chi connectivity index (χ2n) is 7.55. The molecule has 3 aromatic carbocycles. The number of methoxy groups -OCH3 is 2. The normalized spacial score (nSPS) is 11.3. The number of ether oxygens (including phenoxy) is 2. The summed E-state index contributed by atoms with van der Waals surface area (Å²) < 4.78 is 10.4. The van der Waals surface area contributed by atoms with Gasteiger partial charge in [0.2, 0.25) is 5.91 Å². The third kappa shape index (κ3) is 6.51. The molecule has 3 rings (SSSR count). The topological polar surface area (TPSA) is 120 Å². The van der Waals surface area contributed by atoms with E-state index in [1.165, 1.54) is 38.1 Å². The van der Waals surface area contributed by atoms with Crippen LogP contribution in [0.5, 0.6) is 11.5 Å². The summed E-state index contributed by atoms with van der Waals surface area (Å²) >= 11 is 1.33. The summed E-state index contributed by atoms with van der Waals surface area (Å²) in [5.74, 6) is 0.416. The maximum atomic E-state index is 12.6. The molecule has 0 radical (unpaired) electrons. The number of thioether (sulfide) groups is 1. The minimum Gasteiger partial charge on any atom is -0.493 e. The number of carbonyl (C=O) groups excluding carboxylic acids is 2. The zero-order valence-corrected chi connectivity index (χ0v) is 20.5. The number of hydrogen-bond acceptors (Lipinski definition) is 7. The lowest BCUT2D eigenvalue weighted by Gasteiger charge is -2.14. The quantitative estimate of drug-likeness (QED) is 0.235. The van der Waals surface area contributed by atoms with Gasteiger partial charge in [-0.2, -0.15) is 0 Å². The number of nitrogens with zero attached hydrogens (tertiary/aromatic N) is 1. The Kier molecular flexibility index (Phi) is 8.32. The summed E-state index contributed by atoms with van der Waals surface area (Å²) in [6.45, 7) is 3.52. The number of amides is 2. The van der Waals surface area contributed by atoms with Gasteiger partial charge < -0.3 is 20.1 Å². The highest BCUT2D eigenvalue weighted by molar-refractivity contribution is 8.00. The molecule has 9 nitrogen and oxygen atoms in total. The third-order valence-corrected chi connectivity index (χ3v) is 6.24. The van der Waals surface area contributed by atoms with Crippen LogP contribution in [-0.2, 0) is 4.79 Å². The molecule has 1 atom stereocenters. The van der Waals surface area contributed by atoms with Crippen LogP contribution in [-0.4, -0.2) is 36.2 Å². The van der Waals surface area contributed by atoms with Crippen LogP contribution >= 0.6 is 11.8 Å². The first kappa shape index (κ1) is 25.6. The maximum Gasteiger partial charge on any atom is 0.271 e. The third-order valence-electron chi connectivity index (χ3n) is 5.13. The van der Waals surface area contributed by atoms with Gasteiger partial charge in [0.15, 0.2) is 11.5 Å². The molecule has 0 saturated heterocycles. The smallest absolute Gasteiger partial charge is 0.271 e. The predicted octanol–water partition coefficient (Wildman–Crippen LogP) is 5.29. The Balaban J connectivity index is 1.61. The van der Waals surface area contributed by atoms with Gasteiger partial charge in [0.05, 0.1) is 30.1 Å². The molecule has 0 spiro atoms. The van der Waals surface area contributed by atoms with Gasteiger partial charge in [0, 0.05) is 28.3 Å². The van der Waals surface area contributed by atoms with Crippen molar-refractivity contribution in [3.8, 4) is 11.5 Å². The minimum atomic E-state index is -0.501. The van der Waals surface area contributed by atoms with Gasteiger partial charge in [-0.3, -0.25) is 19.7 Å². The van der Waals surface area contributed by atoms with Crippen molar-refractivity contribution in [1.82, 2.24) is 0 Å². The van der Waals surface area contributed by atoms with Crippen LogP contribution in [0.2, 0.25) is 0 Å². The van der Waals surface area contributed by atoms with E-state index in [2.05, 4.69) is 10.6 Å². The number of rotatable bonds is 9. The molecule has 10 heteroatoms. The predicted molar refractivity (Wildman–Crippen MR) is 136 cm³/mol. The zero-order valence-electron chi connectivity index (χ0n) is 19.7. The molecule has 0 saturated carbocycles. The SMILES string of the molecule is COc1ccc(C(=O)Nc2ccc(SC(C)C(=O)Nc3cc([N+](=O)[O-])ccc3C)cc2)cc1OC. The zero-order chi connectivity index (χ0) is 25.5. The molecule has 1 unspecified atom stereocenters. The van der Waals surface area contributed by atoms with Crippen LogP contribution in [0.3, 0.4) is 0 Å². The van der Waals surface area contributed by atoms with Crippen LogP contribution in [0.15, 0.2) is 65.6 Å². The number of nitro benzene ring substituents is 1. The molecular formula is C25H25N3O6S. The lowest BCUT2D eigenvalue weighted by Crippen LogP contribution is -2.22. The van der Waals surface area contributed by atoms with Crippen LogP contribution in [0.1, 0.15) is 22.8 Å². The molecule has 35 heavy (non-hydrogen) atoms. The number of aryl methyl sites for hydroxylation is 1. The number of non-ortho nitro benzene ring substituents is 1. The fraction of sp³-hybridized carbons (Fsp3) is 0.200. The number of nitro groups is 1. The highest BCUT2D eigenvalue weighted by atomic mass is 32.2. The largest absolute Gasteiger partial charge is 0.493 e. The summed E-state index contributed by atoms with van der Waals surface area (Å²) in [5, 5.41) is 16.1. The molecule has 3 aromatic rings. The molecule has 0 aliphatic heterocycles. The van der Waals surface area contributed by atoms with Gasteiger partial charge in [-0.15, -0.1) is 11.8 Å². The van der Waals surface area contributed by atoms with Crippen LogP contribution in [0.4, 0.5) is 17.1 Å². The van der Waals surface area contributed by atoms with Crippen molar-refractivity contribution in [1.29, 1.82) is 0 Å². The Labute approximate surface area is 207 Å². The van der Waals surface area contributed by atoms with Gasteiger partial charge >= 0.3 is 0 Å². The van der Waals surface area contributed by atoms with Crippen molar-refractivity contribution < 1.29 is 24.0 Å². The number of carbonyl (C=O) groups is 2. The van der Waals surface area contributed by atoms with E-state index in [1.54, 1.807) is 62.4 Å². The Morgan fingerprint density at radius 2 is 1.63 bits per heavy atom. The average molecular weight is 496 g/mol. The second-order valence-corrected chi connectivity index (χ2v) is 8.97. The number of nitrogens with one attached hydrogen (secondary N) is 2. The molecule has 182 valence electrons. The average Bonchev–Trinajstić information content (AvgIpc) is 2.85. The van der Waals surface area contributed by atoms with Crippen molar-refractivity contribution >= 4 is 40.6 Å². The summed E-state index contributed by atoms with van der Waals surface area (Å²) in [7, 11) is 3.03. The monoisotopic (exact) mass is 495 g/mol. The summed E-state index contributed by atoms with van der Waals surface area (Å²) in [6, 6.07) is 16.3. The molecule has 2 N–H and O–H groups in total. The molecule has 0 aliphatic rings. The van der Waals surface area contributed by atoms with Gasteiger partial charge in [0.1, 0.15) is 0 Å². The highest BCUT2D eigenvalue weighted by Gasteiger charge is 2.18. The maximum absolute atomic E-state index is 12.6. The van der Waals surface area contributed by atoms with Crippen LogP contribution < -0.4 is 20.1 Å². The molecule has 0 aliphatic carbocycles. The lowest BCUT2D eigenvalue weighted by atomic mass is 10.2. The summed E-state index contributed by atoms with van der Waals surface area (Å²) in [6.07, 6.45) is 0. The van der Waals surface area contributed by atoms with E-state index in [9.17, 15) is 19.7 Å². The Morgan fingerprint density at radius 1 is 0.943 bits per heavy atom. The van der Waals surface area contributed by atoms with E-state index in [4.69, 9.17) is 9.47 Å². The van der Waals surface area contributed by atoms with E-state index < -0.39 is 10.2 Å². The Bertz CT molecular complexity index is 1250. The number of anilines is 2. The van der Waals surface area contributed by atoms with E-state index in [1.807, 2.05) is 0 Å². The van der Waals surface area contributed by atoms with Crippen molar-refractivity contribution in [2.75, 3.05) is 24.9 Å². The second kappa shape index (κ2) is 11.4. The standard InChI is InChI=1S/C25H25N3O6S/c1-15-5-9-19(28(31)32)14-21(15)27-24(29)16(2)35-20-10-7-18(8-11-20)26-25(30)17-6-12-22(33-3)23(13-17)34-4/h5-14,16H,1-4H3,(H,26,30)(H,27,29). The van der Waals surface area contributed by atoms with Crippen molar-refractivity contribution in [3.05, 3.63) is 81.9 Å². The molecule has 2 amide bonds. The highest BCUT2D eigenvalue weighted by Crippen LogP contribution is 2.29. The van der Waals surface area contributed by atoms with Gasteiger partial charge in [-0.1, -0.05) is 6.07 Å². The first-order valence-electron chi connectivity index (χ1n) is 10.6. The first-order chi connectivity index (χ1) is 16.7. The molecule has 0 fully saturated rings. The molecule has 0 aromatic heterocycles. The van der Waals surface area contributed by atoms with Crippen LogP contribution in [0.25, 0.3) is 0 Å². The van der Waals surface area contributed by atoms with E-state index in [0.717, 1.165) is 10.5 Å². The van der Waals surface area contributed by atoms with Gasteiger partial charge in [0.25, 0.3) is 11.6 Å². The lowest BCUT2D eigenvalue weighted by molar-refractivity contribution is -0.384. The van der Waals surface area contributed by atoms with Gasteiger partial charge in [-0.25, -0.2) is 0 Å². The van der Waals surface area contributed by atoms with Crippen molar-refractivity contribution in [2.24, 2.45) is 0 Å². The van der Waals surface area contributed by atoms with E-state index in [-0.39, 0.29) is 17.5 Å². The summed E-state index contributed by atoms with van der Waals surface area (Å²) in [5.41, 5.74) is 2.07. The summed E-state index contributed by atoms with van der Waals surface area (Å²) in [4.78, 5) is 36.6. The fourth-order valence-electron chi connectivity index (χ4n) is 3.15. The Morgan fingerprint density at radius 3 is 2.26 bits per heavy atom. The van der Waals surface area contributed by atoms with E-state index in [0.29, 0.717) is 28.4 Å². The van der Waals surface area contributed by atoms with Crippen molar-refractivity contribution in [3.63, 3.8) is 0 Å². The van der Waals surface area contributed by atoms with E-state index >= 15 is 0 Å². The number of benzene rings is 3. The Hall–Kier alpha value is -4.05. The number of hydrogen-bond donors (Lipinski definition) is 2. The molecular weight excluding hydrogens is 470 g/mol. The van der Waals surface area contributed by atoms with Crippen LogP contribution in [0, 0.1) is 17.0 Å². The molecule has 0 heterocycles. The van der Waals surface area contributed by atoms with Crippen molar-refractivity contribution in [2.45, 2.75) is 24.0 Å². The van der Waals surface area contributed by atoms with Gasteiger partial charge in [-0.05, 0) is 61.9 Å². The molecule has 0 bridgehead atoms.